The molecule has 0 fully saturated rings. The van der Waals surface area contributed by atoms with Crippen molar-refractivity contribution in [2.45, 2.75) is 0 Å². The predicted molar refractivity (Wildman–Crippen MR) is 96.6 cm³/mol. The highest BCUT2D eigenvalue weighted by atomic mass is 19.1. The maximum Gasteiger partial charge on any atom is 0.350 e. The molecule has 130 valence electrons. The van der Waals surface area contributed by atoms with Crippen LogP contribution in [0.3, 0.4) is 0 Å². The molecule has 0 aliphatic heterocycles. The SMILES string of the molecule is COc1ccc2c(c1)[nH]c1c(=O)n(/N=C\c3ccc(F)cc3)c(=O)[nH]c12. The van der Waals surface area contributed by atoms with E-state index in [1.807, 2.05) is 0 Å². The van der Waals surface area contributed by atoms with Crippen LogP contribution in [0.4, 0.5) is 4.39 Å². The van der Waals surface area contributed by atoms with Crippen molar-refractivity contribution in [1.82, 2.24) is 14.6 Å². The first-order chi connectivity index (χ1) is 12.6. The molecule has 0 atom stereocenters. The molecular weight excluding hydrogens is 339 g/mol. The normalized spacial score (nSPS) is 11.6. The zero-order valence-corrected chi connectivity index (χ0v) is 13.6. The fraction of sp³-hybridized carbons (Fsp3) is 0.0556. The Balaban J connectivity index is 1.88. The maximum absolute atomic E-state index is 12.9. The number of halogens is 1. The fourth-order valence-corrected chi connectivity index (χ4v) is 2.73. The summed E-state index contributed by atoms with van der Waals surface area (Å²) in [6, 6.07) is 10.8. The molecule has 0 aliphatic carbocycles. The molecule has 0 bridgehead atoms. The number of aromatic nitrogens is 3. The minimum Gasteiger partial charge on any atom is -0.497 e. The summed E-state index contributed by atoms with van der Waals surface area (Å²) >= 11 is 0. The second kappa shape index (κ2) is 5.99. The van der Waals surface area contributed by atoms with Crippen LogP contribution in [0.5, 0.6) is 5.75 Å². The van der Waals surface area contributed by atoms with E-state index in [1.165, 1.54) is 30.5 Å². The number of aromatic amines is 2. The molecule has 4 rings (SSSR count). The number of rotatable bonds is 3. The number of fused-ring (bicyclic) bond motifs is 3. The summed E-state index contributed by atoms with van der Waals surface area (Å²) in [4.78, 5) is 30.6. The Morgan fingerprint density at radius 1 is 1.08 bits per heavy atom. The molecule has 2 N–H and O–H groups in total. The number of H-pyrrole nitrogens is 2. The van der Waals surface area contributed by atoms with Gasteiger partial charge in [-0.15, -0.1) is 4.68 Å². The lowest BCUT2D eigenvalue weighted by Gasteiger charge is -1.99. The van der Waals surface area contributed by atoms with Crippen LogP contribution in [-0.2, 0) is 0 Å². The van der Waals surface area contributed by atoms with E-state index in [-0.39, 0.29) is 11.3 Å². The number of ether oxygens (including phenoxy) is 1. The molecule has 0 spiro atoms. The maximum atomic E-state index is 12.9. The lowest BCUT2D eigenvalue weighted by Crippen LogP contribution is -2.32. The summed E-state index contributed by atoms with van der Waals surface area (Å²) in [5.41, 5.74) is 0.594. The molecular formula is C18H13FN4O3. The van der Waals surface area contributed by atoms with Crippen LogP contribution < -0.4 is 16.0 Å². The Kier molecular flexibility index (Phi) is 3.65. The van der Waals surface area contributed by atoms with Gasteiger partial charge in [0.05, 0.1) is 24.4 Å². The first kappa shape index (κ1) is 15.8. The van der Waals surface area contributed by atoms with E-state index in [2.05, 4.69) is 15.1 Å². The van der Waals surface area contributed by atoms with E-state index in [9.17, 15) is 14.0 Å². The van der Waals surface area contributed by atoms with E-state index in [1.54, 1.807) is 25.3 Å². The number of benzene rings is 2. The van der Waals surface area contributed by atoms with Gasteiger partial charge in [0.2, 0.25) is 0 Å². The smallest absolute Gasteiger partial charge is 0.350 e. The standard InChI is InChI=1S/C18H13FN4O3/c1-26-12-6-7-13-14(8-12)21-16-15(13)22-18(25)23(17(16)24)20-9-10-2-4-11(19)5-3-10/h2-9,21H,1H3,(H,22,25)/b20-9-. The summed E-state index contributed by atoms with van der Waals surface area (Å²) in [6.07, 6.45) is 1.31. The summed E-state index contributed by atoms with van der Waals surface area (Å²) < 4.78 is 18.8. The van der Waals surface area contributed by atoms with Gasteiger partial charge in [-0.25, -0.2) is 9.18 Å². The van der Waals surface area contributed by atoms with Crippen molar-refractivity contribution >= 4 is 28.2 Å². The van der Waals surface area contributed by atoms with Gasteiger partial charge in [-0.3, -0.25) is 4.79 Å². The number of nitrogens with zero attached hydrogens (tertiary/aromatic N) is 2. The molecule has 0 amide bonds. The van der Waals surface area contributed by atoms with Crippen LogP contribution in [0.1, 0.15) is 5.56 Å². The minimum absolute atomic E-state index is 0.226. The molecule has 4 aromatic rings. The van der Waals surface area contributed by atoms with Crippen LogP contribution in [-0.4, -0.2) is 28.0 Å². The van der Waals surface area contributed by atoms with Crippen molar-refractivity contribution in [3.8, 4) is 5.75 Å². The van der Waals surface area contributed by atoms with Gasteiger partial charge in [0.15, 0.2) is 0 Å². The van der Waals surface area contributed by atoms with E-state index in [0.717, 1.165) is 4.68 Å². The summed E-state index contributed by atoms with van der Waals surface area (Å²) in [5.74, 6) is 0.244. The van der Waals surface area contributed by atoms with Crippen LogP contribution >= 0.6 is 0 Å². The molecule has 0 saturated heterocycles. The number of hydrogen-bond donors (Lipinski definition) is 2. The van der Waals surface area contributed by atoms with Crippen molar-refractivity contribution in [1.29, 1.82) is 0 Å². The van der Waals surface area contributed by atoms with Gasteiger partial charge in [-0.1, -0.05) is 12.1 Å². The van der Waals surface area contributed by atoms with Crippen molar-refractivity contribution in [3.63, 3.8) is 0 Å². The molecule has 2 aromatic carbocycles. The van der Waals surface area contributed by atoms with Crippen LogP contribution in [0.2, 0.25) is 0 Å². The van der Waals surface area contributed by atoms with Gasteiger partial charge in [0.1, 0.15) is 17.1 Å². The van der Waals surface area contributed by atoms with Gasteiger partial charge >= 0.3 is 11.2 Å². The molecule has 0 aliphatic rings. The largest absolute Gasteiger partial charge is 0.497 e. The number of hydrogen-bond acceptors (Lipinski definition) is 4. The molecule has 0 saturated carbocycles. The second-order valence-corrected chi connectivity index (χ2v) is 5.63. The molecule has 26 heavy (non-hydrogen) atoms. The van der Waals surface area contributed by atoms with E-state index < -0.39 is 11.2 Å². The highest BCUT2D eigenvalue weighted by Crippen LogP contribution is 2.24. The van der Waals surface area contributed by atoms with Crippen molar-refractivity contribution < 1.29 is 9.13 Å². The lowest BCUT2D eigenvalue weighted by atomic mass is 10.2. The summed E-state index contributed by atoms with van der Waals surface area (Å²) in [7, 11) is 1.54. The highest BCUT2D eigenvalue weighted by Gasteiger charge is 2.13. The monoisotopic (exact) mass is 352 g/mol. The van der Waals surface area contributed by atoms with Crippen LogP contribution in [0.25, 0.3) is 21.9 Å². The third kappa shape index (κ3) is 2.57. The Labute approximate surface area is 145 Å². The second-order valence-electron chi connectivity index (χ2n) is 5.63. The fourth-order valence-electron chi connectivity index (χ4n) is 2.73. The number of nitrogens with one attached hydrogen (secondary N) is 2. The molecule has 7 nitrogen and oxygen atoms in total. The Morgan fingerprint density at radius 2 is 1.85 bits per heavy atom. The number of methoxy groups -OCH3 is 1. The van der Waals surface area contributed by atoms with Gasteiger partial charge in [-0.05, 0) is 29.8 Å². The first-order valence-electron chi connectivity index (χ1n) is 7.71. The summed E-state index contributed by atoms with van der Waals surface area (Å²) in [6.45, 7) is 0. The lowest BCUT2D eigenvalue weighted by molar-refractivity contribution is 0.415. The van der Waals surface area contributed by atoms with Gasteiger partial charge in [-0.2, -0.15) is 5.10 Å². The quantitative estimate of drug-likeness (QED) is 0.554. The van der Waals surface area contributed by atoms with Crippen molar-refractivity contribution in [2.24, 2.45) is 5.10 Å². The molecule has 2 heterocycles. The van der Waals surface area contributed by atoms with E-state index in [0.29, 0.717) is 27.7 Å². The zero-order chi connectivity index (χ0) is 18.3. The molecule has 8 heteroatoms. The first-order valence-corrected chi connectivity index (χ1v) is 7.71. The Hall–Kier alpha value is -3.68. The topological polar surface area (TPSA) is 92.2 Å². The molecule has 0 radical (unpaired) electrons. The van der Waals surface area contributed by atoms with E-state index in [4.69, 9.17) is 4.74 Å². The third-order valence-electron chi connectivity index (χ3n) is 4.03. The van der Waals surface area contributed by atoms with Gasteiger partial charge < -0.3 is 14.7 Å². The van der Waals surface area contributed by atoms with E-state index >= 15 is 0 Å². The third-order valence-corrected chi connectivity index (χ3v) is 4.03. The van der Waals surface area contributed by atoms with Crippen LogP contribution in [0, 0.1) is 5.82 Å². The summed E-state index contributed by atoms with van der Waals surface area (Å²) in [5, 5.41) is 4.63. The highest BCUT2D eigenvalue weighted by molar-refractivity contribution is 6.04. The average Bonchev–Trinajstić information content (AvgIpc) is 3.01. The Bertz CT molecular complexity index is 1270. The minimum atomic E-state index is -0.669. The van der Waals surface area contributed by atoms with Crippen molar-refractivity contribution in [2.75, 3.05) is 7.11 Å². The average molecular weight is 352 g/mol. The predicted octanol–water partition coefficient (Wildman–Crippen LogP) is 2.20. The van der Waals surface area contributed by atoms with Crippen LogP contribution in [0.15, 0.2) is 57.2 Å². The van der Waals surface area contributed by atoms with Crippen molar-refractivity contribution in [3.05, 3.63) is 74.7 Å². The van der Waals surface area contributed by atoms with Gasteiger partial charge in [0, 0.05) is 11.5 Å². The molecule has 0 unspecified atom stereocenters. The molecule has 2 aromatic heterocycles. The Morgan fingerprint density at radius 3 is 2.58 bits per heavy atom. The zero-order valence-electron chi connectivity index (χ0n) is 13.6. The van der Waals surface area contributed by atoms with Gasteiger partial charge in [0.25, 0.3) is 0 Å².